The zero-order chi connectivity index (χ0) is 11.5. The van der Waals surface area contributed by atoms with Gasteiger partial charge in [0.15, 0.2) is 0 Å². The molecule has 86 valence electrons. The third kappa shape index (κ3) is 2.05. The molecule has 6 nitrogen and oxygen atoms in total. The Morgan fingerprint density at radius 2 is 2.50 bits per heavy atom. The summed E-state index contributed by atoms with van der Waals surface area (Å²) in [5, 5.41) is 11.9. The number of carbonyl (C=O) groups excluding carboxylic acids is 2. The van der Waals surface area contributed by atoms with E-state index >= 15 is 0 Å². The number of anilines is 1. The third-order valence-electron chi connectivity index (χ3n) is 2.66. The second-order valence-corrected chi connectivity index (χ2v) is 3.77. The number of hydrogen-bond donors (Lipinski definition) is 3. The number of nitrogens with zero attached hydrogens (tertiary/aromatic N) is 1. The Labute approximate surface area is 92.8 Å². The molecule has 0 spiro atoms. The second kappa shape index (κ2) is 4.34. The van der Waals surface area contributed by atoms with Crippen LogP contribution in [0.4, 0.5) is 5.82 Å². The van der Waals surface area contributed by atoms with Crippen LogP contribution in [0.1, 0.15) is 25.3 Å². The van der Waals surface area contributed by atoms with Crippen molar-refractivity contribution in [3.8, 4) is 0 Å². The number of amides is 2. The van der Waals surface area contributed by atoms with E-state index in [1.165, 1.54) is 0 Å². The minimum absolute atomic E-state index is 0.0690. The Bertz CT molecular complexity index is 413. The van der Waals surface area contributed by atoms with Crippen molar-refractivity contribution in [3.05, 3.63) is 11.8 Å². The van der Waals surface area contributed by atoms with Crippen molar-refractivity contribution in [2.45, 2.75) is 32.2 Å². The van der Waals surface area contributed by atoms with Crippen molar-refractivity contribution >= 4 is 17.6 Å². The maximum Gasteiger partial charge on any atom is 0.248 e. The zero-order valence-electron chi connectivity index (χ0n) is 9.04. The van der Waals surface area contributed by atoms with Crippen LogP contribution in [0.2, 0.25) is 0 Å². The minimum Gasteiger partial charge on any atom is -0.344 e. The molecule has 0 unspecified atom stereocenters. The molecule has 0 aliphatic carbocycles. The van der Waals surface area contributed by atoms with Gasteiger partial charge in [-0.25, -0.2) is 0 Å². The summed E-state index contributed by atoms with van der Waals surface area (Å²) in [6.45, 7) is 1.98. The Morgan fingerprint density at radius 3 is 3.12 bits per heavy atom. The van der Waals surface area contributed by atoms with E-state index in [0.717, 1.165) is 12.0 Å². The Kier molecular flexibility index (Phi) is 2.89. The molecule has 2 amide bonds. The standard InChI is InChI=1S/C10H14N4O2/c1-2-6-5-11-14-9(6)13-10(16)7-3-4-8(15)12-7/h5,7H,2-4H2,1H3,(H,12,15)(H2,11,13,14,16)/t7-/m1/s1. The first kappa shape index (κ1) is 10.7. The number of H-pyrrole nitrogens is 1. The summed E-state index contributed by atoms with van der Waals surface area (Å²) in [6, 6.07) is -0.416. The van der Waals surface area contributed by atoms with Crippen LogP contribution < -0.4 is 10.6 Å². The first-order chi connectivity index (χ1) is 7.70. The van der Waals surface area contributed by atoms with E-state index in [4.69, 9.17) is 0 Å². The third-order valence-corrected chi connectivity index (χ3v) is 2.66. The Hall–Kier alpha value is -1.85. The summed E-state index contributed by atoms with van der Waals surface area (Å²) in [5.41, 5.74) is 0.956. The lowest BCUT2D eigenvalue weighted by Gasteiger charge is -2.10. The van der Waals surface area contributed by atoms with Gasteiger partial charge in [0.2, 0.25) is 11.8 Å². The molecular formula is C10H14N4O2. The van der Waals surface area contributed by atoms with Gasteiger partial charge in [0.25, 0.3) is 0 Å². The number of aromatic nitrogens is 2. The average Bonchev–Trinajstić information content (AvgIpc) is 2.86. The van der Waals surface area contributed by atoms with Crippen molar-refractivity contribution in [3.63, 3.8) is 0 Å². The summed E-state index contributed by atoms with van der Waals surface area (Å²) >= 11 is 0. The second-order valence-electron chi connectivity index (χ2n) is 3.77. The van der Waals surface area contributed by atoms with E-state index in [2.05, 4.69) is 20.8 Å². The number of carbonyl (C=O) groups is 2. The average molecular weight is 222 g/mol. The van der Waals surface area contributed by atoms with Crippen molar-refractivity contribution in [2.75, 3.05) is 5.32 Å². The summed E-state index contributed by atoms with van der Waals surface area (Å²) in [6.07, 6.45) is 3.45. The molecule has 1 aromatic heterocycles. The van der Waals surface area contributed by atoms with Crippen LogP contribution in [0.25, 0.3) is 0 Å². The highest BCUT2D eigenvalue weighted by Crippen LogP contribution is 2.13. The van der Waals surface area contributed by atoms with Crippen LogP contribution in [-0.4, -0.2) is 28.1 Å². The van der Waals surface area contributed by atoms with Crippen LogP contribution in [0.5, 0.6) is 0 Å². The maximum absolute atomic E-state index is 11.8. The SMILES string of the molecule is CCc1cn[nH]c1NC(=O)[C@H]1CCC(=O)N1. The topological polar surface area (TPSA) is 86.9 Å². The van der Waals surface area contributed by atoms with E-state index < -0.39 is 6.04 Å². The molecule has 6 heteroatoms. The van der Waals surface area contributed by atoms with Crippen LogP contribution in [-0.2, 0) is 16.0 Å². The fourth-order valence-electron chi connectivity index (χ4n) is 1.71. The van der Waals surface area contributed by atoms with Gasteiger partial charge < -0.3 is 10.6 Å². The van der Waals surface area contributed by atoms with E-state index in [1.807, 2.05) is 6.92 Å². The summed E-state index contributed by atoms with van der Waals surface area (Å²) in [5.74, 6) is 0.360. The fourth-order valence-corrected chi connectivity index (χ4v) is 1.71. The largest absolute Gasteiger partial charge is 0.344 e. The normalized spacial score (nSPS) is 19.6. The molecule has 2 heterocycles. The molecule has 1 fully saturated rings. The molecule has 1 aliphatic rings. The molecule has 16 heavy (non-hydrogen) atoms. The number of aryl methyl sites for hydroxylation is 1. The van der Waals surface area contributed by atoms with Gasteiger partial charge in [-0.2, -0.15) is 5.10 Å². The van der Waals surface area contributed by atoms with Crippen molar-refractivity contribution in [2.24, 2.45) is 0 Å². The van der Waals surface area contributed by atoms with Gasteiger partial charge >= 0.3 is 0 Å². The molecule has 0 radical (unpaired) electrons. The molecule has 0 aromatic carbocycles. The summed E-state index contributed by atoms with van der Waals surface area (Å²) < 4.78 is 0. The van der Waals surface area contributed by atoms with E-state index in [1.54, 1.807) is 6.20 Å². The van der Waals surface area contributed by atoms with Crippen molar-refractivity contribution in [1.29, 1.82) is 0 Å². The van der Waals surface area contributed by atoms with E-state index in [9.17, 15) is 9.59 Å². The predicted octanol–water partition coefficient (Wildman–Crippen LogP) is 0.189. The number of nitrogens with one attached hydrogen (secondary N) is 3. The predicted molar refractivity (Wildman–Crippen MR) is 57.8 cm³/mol. The molecule has 1 atom stereocenters. The van der Waals surface area contributed by atoms with Crippen LogP contribution in [0.15, 0.2) is 6.20 Å². The molecule has 1 saturated heterocycles. The van der Waals surface area contributed by atoms with Gasteiger partial charge in [0.05, 0.1) is 6.20 Å². The van der Waals surface area contributed by atoms with E-state index in [0.29, 0.717) is 18.7 Å². The molecule has 2 rings (SSSR count). The lowest BCUT2D eigenvalue weighted by atomic mass is 10.2. The van der Waals surface area contributed by atoms with E-state index in [-0.39, 0.29) is 11.8 Å². The lowest BCUT2D eigenvalue weighted by Crippen LogP contribution is -2.37. The highest BCUT2D eigenvalue weighted by atomic mass is 16.2. The van der Waals surface area contributed by atoms with Gasteiger partial charge in [-0.05, 0) is 12.8 Å². The van der Waals surface area contributed by atoms with Crippen LogP contribution in [0.3, 0.4) is 0 Å². The van der Waals surface area contributed by atoms with Gasteiger partial charge in [0.1, 0.15) is 11.9 Å². The van der Waals surface area contributed by atoms with Gasteiger partial charge in [-0.1, -0.05) is 6.92 Å². The molecule has 3 N–H and O–H groups in total. The first-order valence-corrected chi connectivity index (χ1v) is 5.33. The van der Waals surface area contributed by atoms with Crippen LogP contribution in [0, 0.1) is 0 Å². The first-order valence-electron chi connectivity index (χ1n) is 5.33. The molecule has 0 saturated carbocycles. The smallest absolute Gasteiger partial charge is 0.248 e. The van der Waals surface area contributed by atoms with Gasteiger partial charge in [-0.3, -0.25) is 14.7 Å². The molecule has 0 bridgehead atoms. The van der Waals surface area contributed by atoms with Gasteiger partial charge in [0, 0.05) is 12.0 Å². The highest BCUT2D eigenvalue weighted by molar-refractivity contribution is 5.98. The quantitative estimate of drug-likeness (QED) is 0.682. The zero-order valence-corrected chi connectivity index (χ0v) is 9.04. The number of rotatable bonds is 3. The lowest BCUT2D eigenvalue weighted by molar-refractivity contribution is -0.122. The molecule has 1 aliphatic heterocycles. The Morgan fingerprint density at radius 1 is 1.69 bits per heavy atom. The van der Waals surface area contributed by atoms with Crippen molar-refractivity contribution < 1.29 is 9.59 Å². The van der Waals surface area contributed by atoms with Gasteiger partial charge in [-0.15, -0.1) is 0 Å². The fraction of sp³-hybridized carbons (Fsp3) is 0.500. The van der Waals surface area contributed by atoms with Crippen LogP contribution >= 0.6 is 0 Å². The number of hydrogen-bond acceptors (Lipinski definition) is 3. The highest BCUT2D eigenvalue weighted by Gasteiger charge is 2.27. The molecule has 1 aromatic rings. The monoisotopic (exact) mass is 222 g/mol. The summed E-state index contributed by atoms with van der Waals surface area (Å²) in [4.78, 5) is 22.7. The maximum atomic E-state index is 11.8. The minimum atomic E-state index is -0.416. The Balaban J connectivity index is 1.99. The number of aromatic amines is 1. The summed E-state index contributed by atoms with van der Waals surface area (Å²) in [7, 11) is 0. The molecular weight excluding hydrogens is 208 g/mol. The van der Waals surface area contributed by atoms with Crippen molar-refractivity contribution in [1.82, 2.24) is 15.5 Å².